The number of hydrogen-bond donors (Lipinski definition) is 1. The van der Waals surface area contributed by atoms with Gasteiger partial charge in [0.2, 0.25) is 0 Å². The molecule has 1 heterocycles. The molecule has 0 aromatic carbocycles. The van der Waals surface area contributed by atoms with Crippen molar-refractivity contribution in [2.75, 3.05) is 13.2 Å². The molecule has 1 aliphatic carbocycles. The lowest BCUT2D eigenvalue weighted by Gasteiger charge is -2.60. The maximum atomic E-state index is 5.83. The SMILES string of the molecule is C=C(Cl)CNC1C2CCCOC2C1(C)C. The van der Waals surface area contributed by atoms with E-state index >= 15 is 0 Å². The van der Waals surface area contributed by atoms with Crippen LogP contribution < -0.4 is 5.32 Å². The van der Waals surface area contributed by atoms with Crippen LogP contribution in [0.2, 0.25) is 0 Å². The van der Waals surface area contributed by atoms with Crippen LogP contribution in [0, 0.1) is 11.3 Å². The maximum absolute atomic E-state index is 5.83. The molecule has 1 saturated carbocycles. The molecule has 0 bridgehead atoms. The summed E-state index contributed by atoms with van der Waals surface area (Å²) in [6, 6.07) is 0.526. The Bertz CT molecular complexity index is 264. The van der Waals surface area contributed by atoms with E-state index in [0.29, 0.717) is 29.6 Å². The van der Waals surface area contributed by atoms with Gasteiger partial charge in [0.25, 0.3) is 0 Å². The highest BCUT2D eigenvalue weighted by Crippen LogP contribution is 2.51. The maximum Gasteiger partial charge on any atom is 0.0684 e. The third-order valence-corrected chi connectivity index (χ3v) is 3.98. The van der Waals surface area contributed by atoms with Gasteiger partial charge in [-0.1, -0.05) is 32.0 Å². The molecular weight excluding hydrogens is 210 g/mol. The van der Waals surface area contributed by atoms with Crippen molar-refractivity contribution in [3.8, 4) is 0 Å². The first-order valence-electron chi connectivity index (χ1n) is 5.71. The summed E-state index contributed by atoms with van der Waals surface area (Å²) in [6.45, 7) is 9.89. The minimum Gasteiger partial charge on any atom is -0.377 e. The summed E-state index contributed by atoms with van der Waals surface area (Å²) in [6.07, 6.45) is 2.91. The Morgan fingerprint density at radius 1 is 1.60 bits per heavy atom. The summed E-state index contributed by atoms with van der Waals surface area (Å²) in [7, 11) is 0. The number of halogens is 1. The number of ether oxygens (including phenoxy) is 1. The fraction of sp³-hybridized carbons (Fsp3) is 0.833. The van der Waals surface area contributed by atoms with Gasteiger partial charge in [-0.2, -0.15) is 0 Å². The minimum atomic E-state index is 0.234. The van der Waals surface area contributed by atoms with Crippen LogP contribution in [0.1, 0.15) is 26.7 Å². The first-order chi connectivity index (χ1) is 7.03. The monoisotopic (exact) mass is 229 g/mol. The molecule has 3 heteroatoms. The van der Waals surface area contributed by atoms with E-state index in [1.807, 2.05) is 0 Å². The average molecular weight is 230 g/mol. The van der Waals surface area contributed by atoms with Crippen LogP contribution in [0.15, 0.2) is 11.6 Å². The summed E-state index contributed by atoms with van der Waals surface area (Å²) in [4.78, 5) is 0. The van der Waals surface area contributed by atoms with E-state index in [9.17, 15) is 0 Å². The number of nitrogens with one attached hydrogen (secondary N) is 1. The molecular formula is C12H20ClNO. The van der Waals surface area contributed by atoms with Gasteiger partial charge >= 0.3 is 0 Å². The number of rotatable bonds is 3. The Balaban J connectivity index is 1.96. The fourth-order valence-corrected chi connectivity index (χ4v) is 3.23. The van der Waals surface area contributed by atoms with Gasteiger partial charge in [0.1, 0.15) is 0 Å². The molecule has 2 nitrogen and oxygen atoms in total. The molecule has 0 aromatic rings. The van der Waals surface area contributed by atoms with Crippen molar-refractivity contribution in [2.24, 2.45) is 11.3 Å². The molecule has 15 heavy (non-hydrogen) atoms. The Morgan fingerprint density at radius 3 is 3.00 bits per heavy atom. The Hall–Kier alpha value is -0.0500. The molecule has 0 spiro atoms. The quantitative estimate of drug-likeness (QED) is 0.803. The van der Waals surface area contributed by atoms with E-state index in [4.69, 9.17) is 16.3 Å². The van der Waals surface area contributed by atoms with Crippen LogP contribution in [-0.4, -0.2) is 25.3 Å². The van der Waals surface area contributed by atoms with Gasteiger partial charge in [0, 0.05) is 35.6 Å². The summed E-state index contributed by atoms with van der Waals surface area (Å²) >= 11 is 5.78. The van der Waals surface area contributed by atoms with Gasteiger partial charge < -0.3 is 10.1 Å². The molecule has 2 fully saturated rings. The third-order valence-electron chi connectivity index (χ3n) is 3.84. The molecule has 1 N–H and O–H groups in total. The largest absolute Gasteiger partial charge is 0.377 e. The predicted molar refractivity (Wildman–Crippen MR) is 63.0 cm³/mol. The second-order valence-electron chi connectivity index (χ2n) is 5.29. The van der Waals surface area contributed by atoms with Crippen LogP contribution >= 0.6 is 11.6 Å². The lowest BCUT2D eigenvalue weighted by atomic mass is 9.55. The van der Waals surface area contributed by atoms with Gasteiger partial charge in [-0.15, -0.1) is 0 Å². The normalized spacial score (nSPS) is 37.9. The van der Waals surface area contributed by atoms with Crippen molar-refractivity contribution in [3.05, 3.63) is 11.6 Å². The summed E-state index contributed by atoms with van der Waals surface area (Å²) in [5.74, 6) is 0.671. The van der Waals surface area contributed by atoms with Crippen molar-refractivity contribution in [2.45, 2.75) is 38.8 Å². The van der Waals surface area contributed by atoms with E-state index in [2.05, 4.69) is 25.7 Å². The molecule has 1 aliphatic heterocycles. The smallest absolute Gasteiger partial charge is 0.0684 e. The van der Waals surface area contributed by atoms with Crippen molar-refractivity contribution in [1.82, 2.24) is 5.32 Å². The molecule has 1 saturated heterocycles. The standard InChI is InChI=1S/C12H20ClNO/c1-8(13)7-14-10-9-5-4-6-15-11(9)12(10,2)3/h9-11,14H,1,4-7H2,2-3H3. The molecule has 86 valence electrons. The molecule has 0 amide bonds. The van der Waals surface area contributed by atoms with Gasteiger partial charge in [0.05, 0.1) is 6.10 Å². The Kier molecular flexibility index (Phi) is 3.11. The van der Waals surface area contributed by atoms with Crippen LogP contribution in [0.3, 0.4) is 0 Å². The van der Waals surface area contributed by atoms with Crippen molar-refractivity contribution in [1.29, 1.82) is 0 Å². The Labute approximate surface area is 97.0 Å². The molecule has 2 rings (SSSR count). The first kappa shape index (κ1) is 11.4. The second kappa shape index (κ2) is 4.08. The number of hydrogen-bond acceptors (Lipinski definition) is 2. The highest BCUT2D eigenvalue weighted by molar-refractivity contribution is 6.29. The molecule has 2 aliphatic rings. The van der Waals surface area contributed by atoms with Crippen molar-refractivity contribution in [3.63, 3.8) is 0 Å². The fourth-order valence-electron chi connectivity index (χ4n) is 3.16. The molecule has 3 unspecified atom stereocenters. The zero-order chi connectivity index (χ0) is 11.1. The van der Waals surface area contributed by atoms with Crippen LogP contribution in [-0.2, 0) is 4.74 Å². The second-order valence-corrected chi connectivity index (χ2v) is 5.83. The zero-order valence-corrected chi connectivity index (χ0v) is 10.3. The molecule has 0 aromatic heterocycles. The van der Waals surface area contributed by atoms with Gasteiger partial charge in [0.15, 0.2) is 0 Å². The third kappa shape index (κ3) is 1.95. The lowest BCUT2D eigenvalue weighted by molar-refractivity contribution is -0.191. The minimum absolute atomic E-state index is 0.234. The van der Waals surface area contributed by atoms with E-state index in [1.165, 1.54) is 12.8 Å². The highest BCUT2D eigenvalue weighted by Gasteiger charge is 2.57. The number of fused-ring (bicyclic) bond motifs is 1. The van der Waals surface area contributed by atoms with Gasteiger partial charge in [-0.3, -0.25) is 0 Å². The Morgan fingerprint density at radius 2 is 2.33 bits per heavy atom. The van der Waals surface area contributed by atoms with E-state index < -0.39 is 0 Å². The zero-order valence-electron chi connectivity index (χ0n) is 9.55. The van der Waals surface area contributed by atoms with Gasteiger partial charge in [-0.05, 0) is 12.8 Å². The van der Waals surface area contributed by atoms with E-state index in [-0.39, 0.29) is 5.41 Å². The average Bonchev–Trinajstić information content (AvgIpc) is 2.17. The van der Waals surface area contributed by atoms with E-state index in [0.717, 1.165) is 6.61 Å². The van der Waals surface area contributed by atoms with Gasteiger partial charge in [-0.25, -0.2) is 0 Å². The van der Waals surface area contributed by atoms with Crippen molar-refractivity contribution >= 4 is 11.6 Å². The summed E-state index contributed by atoms with van der Waals surface area (Å²) in [5.41, 5.74) is 0.234. The summed E-state index contributed by atoms with van der Waals surface area (Å²) in [5, 5.41) is 4.18. The summed E-state index contributed by atoms with van der Waals surface area (Å²) < 4.78 is 5.83. The van der Waals surface area contributed by atoms with Crippen molar-refractivity contribution < 1.29 is 4.74 Å². The van der Waals surface area contributed by atoms with Crippen LogP contribution in [0.4, 0.5) is 0 Å². The molecule has 3 atom stereocenters. The first-order valence-corrected chi connectivity index (χ1v) is 6.09. The van der Waals surface area contributed by atoms with Crippen LogP contribution in [0.25, 0.3) is 0 Å². The molecule has 0 radical (unpaired) electrons. The topological polar surface area (TPSA) is 21.3 Å². The van der Waals surface area contributed by atoms with E-state index in [1.54, 1.807) is 0 Å². The highest BCUT2D eigenvalue weighted by atomic mass is 35.5. The van der Waals surface area contributed by atoms with Crippen LogP contribution in [0.5, 0.6) is 0 Å². The predicted octanol–water partition coefficient (Wildman–Crippen LogP) is 2.53. The lowest BCUT2D eigenvalue weighted by Crippen LogP contribution is -2.69.